The summed E-state index contributed by atoms with van der Waals surface area (Å²) in [7, 11) is 0. The molecule has 0 radical (unpaired) electrons. The predicted octanol–water partition coefficient (Wildman–Crippen LogP) is 1.68. The Balaban J connectivity index is 1.94. The fourth-order valence-corrected chi connectivity index (χ4v) is 1.87. The van der Waals surface area contributed by atoms with Crippen LogP contribution in [0.25, 0.3) is 0 Å². The molecule has 0 saturated carbocycles. The number of piperidine rings is 1. The zero-order chi connectivity index (χ0) is 10.7. The number of rotatable bonds is 1. The Hall–Kier alpha value is -1.04. The van der Waals surface area contributed by atoms with E-state index >= 15 is 0 Å². The lowest BCUT2D eigenvalue weighted by Crippen LogP contribution is -2.40. The van der Waals surface area contributed by atoms with Crippen LogP contribution in [0.2, 0.25) is 0 Å². The maximum Gasteiger partial charge on any atom is 0.434 e. The third kappa shape index (κ3) is 2.50. The summed E-state index contributed by atoms with van der Waals surface area (Å²) in [6, 6.07) is 0. The molecule has 1 aliphatic rings. The predicted molar refractivity (Wildman–Crippen MR) is 57.3 cm³/mol. The highest BCUT2D eigenvalue weighted by molar-refractivity contribution is 9.10. The lowest BCUT2D eigenvalue weighted by Gasteiger charge is -2.25. The number of hydrogen-bond acceptors (Lipinski definition) is 3. The molecule has 15 heavy (non-hydrogen) atoms. The zero-order valence-electron chi connectivity index (χ0n) is 8.23. The van der Waals surface area contributed by atoms with E-state index in [4.69, 9.17) is 4.84 Å². The van der Waals surface area contributed by atoms with Crippen LogP contribution in [-0.2, 0) is 0 Å². The number of imidazole rings is 1. The lowest BCUT2D eigenvalue weighted by molar-refractivity contribution is 0.0835. The van der Waals surface area contributed by atoms with E-state index in [2.05, 4.69) is 20.9 Å². The second-order valence-corrected chi connectivity index (χ2v) is 4.14. The van der Waals surface area contributed by atoms with Gasteiger partial charge in [-0.15, -0.1) is 0 Å². The number of hydrogen-bond donors (Lipinski definition) is 0. The van der Waals surface area contributed by atoms with Crippen molar-refractivity contribution in [1.82, 2.24) is 14.6 Å². The molecule has 1 aromatic heterocycles. The Morgan fingerprint density at radius 2 is 2.13 bits per heavy atom. The highest BCUT2D eigenvalue weighted by Crippen LogP contribution is 2.10. The van der Waals surface area contributed by atoms with Crippen LogP contribution in [0.15, 0.2) is 17.1 Å². The Labute approximate surface area is 96.1 Å². The van der Waals surface area contributed by atoms with Crippen molar-refractivity contribution in [2.75, 3.05) is 13.1 Å². The van der Waals surface area contributed by atoms with E-state index in [0.29, 0.717) is 4.73 Å². The van der Waals surface area contributed by atoms with E-state index in [1.807, 2.05) is 0 Å². The molecule has 5 nitrogen and oxygen atoms in total. The normalized spacial score (nSPS) is 16.5. The fourth-order valence-electron chi connectivity index (χ4n) is 1.56. The maximum absolute atomic E-state index is 11.7. The third-order valence-electron chi connectivity index (χ3n) is 2.36. The summed E-state index contributed by atoms with van der Waals surface area (Å²) in [5.74, 6) is 0. The van der Waals surface area contributed by atoms with Crippen LogP contribution in [-0.4, -0.2) is 33.8 Å². The minimum absolute atomic E-state index is 0.312. The molecule has 1 aromatic rings. The minimum atomic E-state index is -0.312. The average molecular weight is 274 g/mol. The van der Waals surface area contributed by atoms with Gasteiger partial charge in [-0.3, -0.25) is 0 Å². The van der Waals surface area contributed by atoms with Gasteiger partial charge in [0.05, 0.1) is 6.20 Å². The molecule has 0 spiro atoms. The molecule has 2 rings (SSSR count). The van der Waals surface area contributed by atoms with Gasteiger partial charge in [0.15, 0.2) is 0 Å². The Bertz CT molecular complexity index is 347. The third-order valence-corrected chi connectivity index (χ3v) is 2.91. The number of nitrogens with zero attached hydrogens (tertiary/aromatic N) is 3. The smallest absolute Gasteiger partial charge is 0.315 e. The van der Waals surface area contributed by atoms with Crippen molar-refractivity contribution < 1.29 is 9.63 Å². The molecule has 1 saturated heterocycles. The van der Waals surface area contributed by atoms with Gasteiger partial charge in [-0.1, -0.05) is 0 Å². The fraction of sp³-hybridized carbons (Fsp3) is 0.556. The van der Waals surface area contributed by atoms with Crippen molar-refractivity contribution in [2.45, 2.75) is 19.3 Å². The van der Waals surface area contributed by atoms with Crippen LogP contribution in [0, 0.1) is 0 Å². The number of halogens is 1. The van der Waals surface area contributed by atoms with E-state index in [-0.39, 0.29) is 6.09 Å². The summed E-state index contributed by atoms with van der Waals surface area (Å²) in [6.45, 7) is 1.57. The van der Waals surface area contributed by atoms with Gasteiger partial charge >= 0.3 is 6.09 Å². The first-order chi connectivity index (χ1) is 7.27. The first-order valence-electron chi connectivity index (χ1n) is 4.93. The molecular weight excluding hydrogens is 262 g/mol. The molecule has 0 atom stereocenters. The maximum atomic E-state index is 11.7. The minimum Gasteiger partial charge on any atom is -0.315 e. The number of aromatic nitrogens is 2. The van der Waals surface area contributed by atoms with Gasteiger partial charge in [0.2, 0.25) is 4.73 Å². The van der Waals surface area contributed by atoms with Crippen LogP contribution in [0.4, 0.5) is 4.79 Å². The summed E-state index contributed by atoms with van der Waals surface area (Å²) in [6.07, 6.45) is 6.15. The SMILES string of the molecule is O=C(On1ccnc1Br)N1CCCCC1. The number of carbonyl (C=O) groups is 1. The van der Waals surface area contributed by atoms with E-state index in [1.54, 1.807) is 17.3 Å². The average Bonchev–Trinajstić information content (AvgIpc) is 2.66. The second kappa shape index (κ2) is 4.65. The Morgan fingerprint density at radius 3 is 2.73 bits per heavy atom. The highest BCUT2D eigenvalue weighted by Gasteiger charge is 2.19. The molecule has 0 bridgehead atoms. The standard InChI is InChI=1S/C9H12BrN3O2/c10-8-11-4-7-13(8)15-9(14)12-5-2-1-3-6-12/h4,7H,1-3,5-6H2. The molecule has 1 aliphatic heterocycles. The van der Waals surface area contributed by atoms with Gasteiger partial charge in [0, 0.05) is 19.3 Å². The van der Waals surface area contributed by atoms with Crippen LogP contribution in [0.1, 0.15) is 19.3 Å². The molecule has 82 valence electrons. The van der Waals surface area contributed by atoms with Crippen molar-refractivity contribution in [3.63, 3.8) is 0 Å². The second-order valence-electron chi connectivity index (χ2n) is 3.43. The van der Waals surface area contributed by atoms with Crippen molar-refractivity contribution in [3.8, 4) is 0 Å². The molecule has 0 aromatic carbocycles. The van der Waals surface area contributed by atoms with Gasteiger partial charge in [0.25, 0.3) is 0 Å². The number of amides is 1. The topological polar surface area (TPSA) is 47.4 Å². The molecule has 1 amide bonds. The Kier molecular flexibility index (Phi) is 3.25. The zero-order valence-corrected chi connectivity index (χ0v) is 9.81. The van der Waals surface area contributed by atoms with Crippen molar-refractivity contribution in [3.05, 3.63) is 17.1 Å². The quantitative estimate of drug-likeness (QED) is 0.782. The Morgan fingerprint density at radius 1 is 1.40 bits per heavy atom. The van der Waals surface area contributed by atoms with Crippen LogP contribution in [0.3, 0.4) is 0 Å². The van der Waals surface area contributed by atoms with Crippen LogP contribution in [0.5, 0.6) is 0 Å². The van der Waals surface area contributed by atoms with Gasteiger partial charge in [-0.2, -0.15) is 4.73 Å². The van der Waals surface area contributed by atoms with Gasteiger partial charge in [0.1, 0.15) is 0 Å². The monoisotopic (exact) mass is 273 g/mol. The first-order valence-corrected chi connectivity index (χ1v) is 5.73. The van der Waals surface area contributed by atoms with E-state index in [9.17, 15) is 4.79 Å². The molecule has 0 unspecified atom stereocenters. The summed E-state index contributed by atoms with van der Waals surface area (Å²) in [5, 5.41) is 0. The summed E-state index contributed by atoms with van der Waals surface area (Å²) in [5.41, 5.74) is 0. The van der Waals surface area contributed by atoms with E-state index < -0.39 is 0 Å². The van der Waals surface area contributed by atoms with E-state index in [1.165, 1.54) is 11.2 Å². The van der Waals surface area contributed by atoms with Crippen LogP contribution >= 0.6 is 15.9 Å². The molecule has 1 fully saturated rings. The molecule has 6 heteroatoms. The number of carbonyl (C=O) groups excluding carboxylic acids is 1. The molecule has 0 N–H and O–H groups in total. The number of likely N-dealkylation sites (tertiary alicyclic amines) is 1. The highest BCUT2D eigenvalue weighted by atomic mass is 79.9. The summed E-state index contributed by atoms with van der Waals surface area (Å²) >= 11 is 3.17. The molecule has 0 aliphatic carbocycles. The molecular formula is C9H12BrN3O2. The van der Waals surface area contributed by atoms with Crippen molar-refractivity contribution >= 4 is 22.0 Å². The van der Waals surface area contributed by atoms with Crippen molar-refractivity contribution in [2.24, 2.45) is 0 Å². The molecule has 2 heterocycles. The van der Waals surface area contributed by atoms with Crippen LogP contribution < -0.4 is 4.84 Å². The van der Waals surface area contributed by atoms with E-state index in [0.717, 1.165) is 25.9 Å². The largest absolute Gasteiger partial charge is 0.434 e. The van der Waals surface area contributed by atoms with Crippen molar-refractivity contribution in [1.29, 1.82) is 0 Å². The van der Waals surface area contributed by atoms with Gasteiger partial charge in [-0.25, -0.2) is 9.78 Å². The summed E-state index contributed by atoms with van der Waals surface area (Å²) in [4.78, 5) is 22.4. The first kappa shape index (κ1) is 10.5. The summed E-state index contributed by atoms with van der Waals surface area (Å²) < 4.78 is 1.81. The lowest BCUT2D eigenvalue weighted by atomic mass is 10.1. The van der Waals surface area contributed by atoms with Gasteiger partial charge < -0.3 is 9.74 Å². The van der Waals surface area contributed by atoms with Gasteiger partial charge in [-0.05, 0) is 35.2 Å².